The molecule has 2 aromatic carbocycles. The largest absolute Gasteiger partial charge is 0.463 e. The second kappa shape index (κ2) is 8.63. The molecule has 25 heavy (non-hydrogen) atoms. The molecule has 0 fully saturated rings. The van der Waals surface area contributed by atoms with Gasteiger partial charge in [0, 0.05) is 23.2 Å². The molecule has 1 amide bonds. The Bertz CT molecular complexity index is 807. The first kappa shape index (κ1) is 18.2. The Morgan fingerprint density at radius 3 is 2.48 bits per heavy atom. The third-order valence-electron chi connectivity index (χ3n) is 3.35. The van der Waals surface area contributed by atoms with Crippen LogP contribution in [-0.2, 0) is 23.9 Å². The van der Waals surface area contributed by atoms with E-state index in [1.807, 2.05) is 36.4 Å². The van der Waals surface area contributed by atoms with Gasteiger partial charge in [-0.3, -0.25) is 4.79 Å². The van der Waals surface area contributed by atoms with E-state index in [0.29, 0.717) is 5.69 Å². The van der Waals surface area contributed by atoms with E-state index in [4.69, 9.17) is 4.74 Å². The fourth-order valence-corrected chi connectivity index (χ4v) is 2.16. The SMILES string of the molecule is CCOC(=O)/C=C/C(=O)O[C@H](C)C(=O)Nc1cccc2ccccc12. The normalized spacial score (nSPS) is 11.9. The van der Waals surface area contributed by atoms with E-state index in [1.54, 1.807) is 13.0 Å². The van der Waals surface area contributed by atoms with E-state index in [2.05, 4.69) is 10.1 Å². The van der Waals surface area contributed by atoms with Crippen LogP contribution in [0, 0.1) is 0 Å². The highest BCUT2D eigenvalue weighted by Gasteiger charge is 2.17. The number of hydrogen-bond donors (Lipinski definition) is 1. The predicted octanol–water partition coefficient (Wildman–Crippen LogP) is 2.83. The van der Waals surface area contributed by atoms with E-state index in [0.717, 1.165) is 22.9 Å². The Kier molecular flexibility index (Phi) is 6.28. The van der Waals surface area contributed by atoms with Gasteiger partial charge in [-0.25, -0.2) is 9.59 Å². The van der Waals surface area contributed by atoms with Crippen LogP contribution < -0.4 is 5.32 Å². The van der Waals surface area contributed by atoms with Gasteiger partial charge in [-0.1, -0.05) is 36.4 Å². The van der Waals surface area contributed by atoms with E-state index < -0.39 is 23.9 Å². The summed E-state index contributed by atoms with van der Waals surface area (Å²) in [5.41, 5.74) is 0.632. The zero-order valence-electron chi connectivity index (χ0n) is 14.0. The third kappa shape index (κ3) is 5.17. The van der Waals surface area contributed by atoms with Crippen molar-refractivity contribution in [1.29, 1.82) is 0 Å². The maximum atomic E-state index is 12.2. The Morgan fingerprint density at radius 2 is 1.72 bits per heavy atom. The van der Waals surface area contributed by atoms with Crippen molar-refractivity contribution in [3.63, 3.8) is 0 Å². The van der Waals surface area contributed by atoms with Gasteiger partial charge < -0.3 is 14.8 Å². The van der Waals surface area contributed by atoms with Crippen molar-refractivity contribution in [3.05, 3.63) is 54.6 Å². The molecular formula is C19H19NO5. The topological polar surface area (TPSA) is 81.7 Å². The van der Waals surface area contributed by atoms with Crippen LogP contribution in [0.3, 0.4) is 0 Å². The van der Waals surface area contributed by atoms with Crippen LogP contribution in [0.25, 0.3) is 10.8 Å². The second-order valence-corrected chi connectivity index (χ2v) is 5.18. The quantitative estimate of drug-likeness (QED) is 0.645. The van der Waals surface area contributed by atoms with Gasteiger partial charge in [0.2, 0.25) is 0 Å². The van der Waals surface area contributed by atoms with Gasteiger partial charge in [0.1, 0.15) is 0 Å². The molecule has 0 bridgehead atoms. The number of anilines is 1. The zero-order valence-corrected chi connectivity index (χ0v) is 14.0. The number of nitrogens with one attached hydrogen (secondary N) is 1. The number of carbonyl (C=O) groups excluding carboxylic acids is 3. The number of rotatable bonds is 6. The van der Waals surface area contributed by atoms with Gasteiger partial charge in [0.05, 0.1) is 6.61 Å². The summed E-state index contributed by atoms with van der Waals surface area (Å²) in [6.45, 7) is 3.32. The summed E-state index contributed by atoms with van der Waals surface area (Å²) < 4.78 is 9.63. The van der Waals surface area contributed by atoms with Crippen LogP contribution in [0.15, 0.2) is 54.6 Å². The van der Waals surface area contributed by atoms with Gasteiger partial charge >= 0.3 is 11.9 Å². The minimum atomic E-state index is -1.02. The van der Waals surface area contributed by atoms with Gasteiger partial charge in [0.25, 0.3) is 5.91 Å². The summed E-state index contributed by atoms with van der Waals surface area (Å²) in [6.07, 6.45) is 0.874. The molecule has 1 atom stereocenters. The van der Waals surface area contributed by atoms with Crippen LogP contribution in [0.5, 0.6) is 0 Å². The summed E-state index contributed by atoms with van der Waals surface area (Å²) in [6, 6.07) is 13.2. The fraction of sp³-hybridized carbons (Fsp3) is 0.211. The van der Waals surface area contributed by atoms with Crippen molar-refractivity contribution in [2.24, 2.45) is 0 Å². The molecule has 6 heteroatoms. The van der Waals surface area contributed by atoms with Gasteiger partial charge in [-0.2, -0.15) is 0 Å². The lowest BCUT2D eigenvalue weighted by atomic mass is 10.1. The highest BCUT2D eigenvalue weighted by Crippen LogP contribution is 2.23. The first-order chi connectivity index (χ1) is 12.0. The molecule has 0 aliphatic rings. The minimum Gasteiger partial charge on any atom is -0.463 e. The number of ether oxygens (including phenoxy) is 2. The van der Waals surface area contributed by atoms with Gasteiger partial charge in [0.15, 0.2) is 6.10 Å². The Hall–Kier alpha value is -3.15. The van der Waals surface area contributed by atoms with Crippen molar-refractivity contribution >= 4 is 34.3 Å². The molecule has 0 aliphatic carbocycles. The molecule has 0 aromatic heterocycles. The highest BCUT2D eigenvalue weighted by atomic mass is 16.5. The minimum absolute atomic E-state index is 0.210. The molecule has 0 saturated heterocycles. The maximum absolute atomic E-state index is 12.2. The van der Waals surface area contributed by atoms with E-state index in [9.17, 15) is 14.4 Å². The number of fused-ring (bicyclic) bond motifs is 1. The van der Waals surface area contributed by atoms with Crippen LogP contribution in [0.1, 0.15) is 13.8 Å². The number of hydrogen-bond acceptors (Lipinski definition) is 5. The van der Waals surface area contributed by atoms with E-state index in [-0.39, 0.29) is 6.61 Å². The Labute approximate surface area is 145 Å². The average Bonchev–Trinajstić information content (AvgIpc) is 2.60. The van der Waals surface area contributed by atoms with Crippen molar-refractivity contribution in [2.45, 2.75) is 20.0 Å². The van der Waals surface area contributed by atoms with Gasteiger partial charge in [-0.15, -0.1) is 0 Å². The third-order valence-corrected chi connectivity index (χ3v) is 3.35. The standard InChI is InChI=1S/C19H19NO5/c1-3-24-17(21)11-12-18(22)25-13(2)19(23)20-16-10-6-8-14-7-4-5-9-15(14)16/h4-13H,3H2,1-2H3,(H,20,23)/b12-11+/t13-/m1/s1. The molecule has 6 nitrogen and oxygen atoms in total. The lowest BCUT2D eigenvalue weighted by Gasteiger charge is -2.13. The highest BCUT2D eigenvalue weighted by molar-refractivity contribution is 6.04. The van der Waals surface area contributed by atoms with E-state index >= 15 is 0 Å². The van der Waals surface area contributed by atoms with Crippen molar-refractivity contribution in [3.8, 4) is 0 Å². The molecule has 0 aliphatic heterocycles. The summed E-state index contributed by atoms with van der Waals surface area (Å²) >= 11 is 0. The lowest BCUT2D eigenvalue weighted by Crippen LogP contribution is -2.29. The smallest absolute Gasteiger partial charge is 0.331 e. The van der Waals surface area contributed by atoms with Crippen LogP contribution in [0.4, 0.5) is 5.69 Å². The molecule has 1 N–H and O–H groups in total. The number of esters is 2. The zero-order chi connectivity index (χ0) is 18.2. The molecule has 0 saturated carbocycles. The lowest BCUT2D eigenvalue weighted by molar-refractivity contribution is -0.148. The summed E-state index contributed by atoms with van der Waals surface area (Å²) in [7, 11) is 0. The van der Waals surface area contributed by atoms with Crippen molar-refractivity contribution in [1.82, 2.24) is 0 Å². The fourth-order valence-electron chi connectivity index (χ4n) is 2.16. The maximum Gasteiger partial charge on any atom is 0.331 e. The molecule has 0 radical (unpaired) electrons. The van der Waals surface area contributed by atoms with E-state index in [1.165, 1.54) is 6.92 Å². The Morgan fingerprint density at radius 1 is 1.04 bits per heavy atom. The van der Waals surface area contributed by atoms with Crippen LogP contribution >= 0.6 is 0 Å². The van der Waals surface area contributed by atoms with Crippen molar-refractivity contribution in [2.75, 3.05) is 11.9 Å². The first-order valence-electron chi connectivity index (χ1n) is 7.85. The molecule has 2 aromatic rings. The monoisotopic (exact) mass is 341 g/mol. The number of amides is 1. The number of benzene rings is 2. The van der Waals surface area contributed by atoms with Gasteiger partial charge in [-0.05, 0) is 25.3 Å². The Balaban J connectivity index is 1.98. The number of carbonyl (C=O) groups is 3. The summed E-state index contributed by atoms with van der Waals surface area (Å²) in [5, 5.41) is 4.62. The molecular weight excluding hydrogens is 322 g/mol. The first-order valence-corrected chi connectivity index (χ1v) is 7.85. The molecule has 0 heterocycles. The average molecular weight is 341 g/mol. The molecule has 0 spiro atoms. The molecule has 130 valence electrons. The summed E-state index contributed by atoms with van der Waals surface area (Å²) in [4.78, 5) is 35.0. The van der Waals surface area contributed by atoms with Crippen LogP contribution in [0.2, 0.25) is 0 Å². The molecule has 0 unspecified atom stereocenters. The second-order valence-electron chi connectivity index (χ2n) is 5.18. The predicted molar refractivity (Wildman–Crippen MR) is 93.9 cm³/mol. The molecule has 2 rings (SSSR count). The summed E-state index contributed by atoms with van der Waals surface area (Å²) in [5.74, 6) is -1.91. The van der Waals surface area contributed by atoms with Crippen molar-refractivity contribution < 1.29 is 23.9 Å². The van der Waals surface area contributed by atoms with Crippen LogP contribution in [-0.4, -0.2) is 30.6 Å².